The second-order valence-electron chi connectivity index (χ2n) is 6.42. The van der Waals surface area contributed by atoms with E-state index in [1.165, 1.54) is 19.2 Å². The van der Waals surface area contributed by atoms with Crippen LogP contribution in [0.3, 0.4) is 0 Å². The first kappa shape index (κ1) is 20.9. The molecule has 1 N–H and O–H groups in total. The molecule has 0 saturated carbocycles. The van der Waals surface area contributed by atoms with Crippen LogP contribution in [0.2, 0.25) is 0 Å². The second kappa shape index (κ2) is 9.09. The molecule has 8 heteroatoms. The summed E-state index contributed by atoms with van der Waals surface area (Å²) < 4.78 is 30.4. The molecule has 1 aromatic heterocycles. The molecule has 1 heterocycles. The zero-order valence-corrected chi connectivity index (χ0v) is 17.8. The highest BCUT2D eigenvalue weighted by Crippen LogP contribution is 2.29. The van der Waals surface area contributed by atoms with Gasteiger partial charge in [-0.2, -0.15) is 0 Å². The Hall–Kier alpha value is -2.87. The topological polar surface area (TPSA) is 73.6 Å². The van der Waals surface area contributed by atoms with Gasteiger partial charge in [0.15, 0.2) is 11.5 Å². The lowest BCUT2D eigenvalue weighted by molar-refractivity contribution is 0.0950. The van der Waals surface area contributed by atoms with Gasteiger partial charge < -0.3 is 19.3 Å². The van der Waals surface area contributed by atoms with Crippen molar-refractivity contribution >= 4 is 21.8 Å². The minimum atomic E-state index is -0.370. The third-order valence-electron chi connectivity index (χ3n) is 4.35. The second-order valence-corrected chi connectivity index (χ2v) is 7.33. The fraction of sp³-hybridized carbons (Fsp3) is 0.238. The van der Waals surface area contributed by atoms with Crippen molar-refractivity contribution in [3.05, 3.63) is 74.8 Å². The summed E-state index contributed by atoms with van der Waals surface area (Å²) in [6.07, 6.45) is 0. The number of nitrogens with one attached hydrogen (secondary N) is 1. The number of carbonyl (C=O) groups excluding carboxylic acids is 1. The Morgan fingerprint density at radius 3 is 2.66 bits per heavy atom. The van der Waals surface area contributed by atoms with Crippen LogP contribution in [-0.2, 0) is 13.2 Å². The van der Waals surface area contributed by atoms with Gasteiger partial charge in [-0.25, -0.2) is 4.39 Å². The summed E-state index contributed by atoms with van der Waals surface area (Å²) in [6, 6.07) is 9.39. The number of nitrogens with zero attached hydrogens (tertiary/aromatic N) is 1. The number of aromatic nitrogens is 1. The SMILES string of the molecule is COc1cc(C(=O)NCc2cc(F)cc(Br)c2)ccc1OCc1c(C)noc1C. The highest BCUT2D eigenvalue weighted by atomic mass is 79.9. The van der Waals surface area contributed by atoms with Crippen molar-refractivity contribution in [2.45, 2.75) is 27.0 Å². The lowest BCUT2D eigenvalue weighted by Gasteiger charge is -2.12. The molecule has 0 fully saturated rings. The van der Waals surface area contributed by atoms with E-state index in [1.54, 1.807) is 24.3 Å². The molecule has 2 aromatic carbocycles. The molecule has 0 saturated heterocycles. The Bertz CT molecular complexity index is 996. The average Bonchev–Trinajstić information content (AvgIpc) is 3.01. The molecule has 0 atom stereocenters. The number of benzene rings is 2. The third kappa shape index (κ3) is 5.14. The lowest BCUT2D eigenvalue weighted by Crippen LogP contribution is -2.22. The van der Waals surface area contributed by atoms with Crippen LogP contribution in [0.1, 0.15) is 32.9 Å². The zero-order chi connectivity index (χ0) is 21.0. The number of aryl methyl sites for hydroxylation is 2. The van der Waals surface area contributed by atoms with Gasteiger partial charge in [0.2, 0.25) is 0 Å². The maximum atomic E-state index is 13.5. The van der Waals surface area contributed by atoms with Crippen LogP contribution in [0.5, 0.6) is 11.5 Å². The van der Waals surface area contributed by atoms with Gasteiger partial charge in [-0.3, -0.25) is 4.79 Å². The fourth-order valence-electron chi connectivity index (χ4n) is 2.78. The molecule has 29 heavy (non-hydrogen) atoms. The van der Waals surface area contributed by atoms with E-state index in [-0.39, 0.29) is 24.9 Å². The van der Waals surface area contributed by atoms with E-state index < -0.39 is 0 Å². The van der Waals surface area contributed by atoms with Gasteiger partial charge in [0, 0.05) is 16.6 Å². The van der Waals surface area contributed by atoms with Crippen LogP contribution in [0, 0.1) is 19.7 Å². The summed E-state index contributed by atoms with van der Waals surface area (Å²) in [7, 11) is 1.50. The number of rotatable bonds is 7. The number of halogens is 2. The average molecular weight is 463 g/mol. The van der Waals surface area contributed by atoms with Gasteiger partial charge in [0.25, 0.3) is 5.91 Å². The summed E-state index contributed by atoms with van der Waals surface area (Å²) in [5.41, 5.74) is 2.69. The first-order valence-electron chi connectivity index (χ1n) is 8.83. The molecule has 0 aliphatic heterocycles. The summed E-state index contributed by atoms with van der Waals surface area (Å²) in [6.45, 7) is 4.14. The Balaban J connectivity index is 1.68. The molecule has 152 valence electrons. The highest BCUT2D eigenvalue weighted by Gasteiger charge is 2.14. The predicted molar refractivity (Wildman–Crippen MR) is 109 cm³/mol. The Morgan fingerprint density at radius 2 is 2.00 bits per heavy atom. The summed E-state index contributed by atoms with van der Waals surface area (Å²) >= 11 is 3.24. The van der Waals surface area contributed by atoms with Gasteiger partial charge in [-0.05, 0) is 55.8 Å². The van der Waals surface area contributed by atoms with Gasteiger partial charge in [0.1, 0.15) is 18.2 Å². The van der Waals surface area contributed by atoms with Crippen LogP contribution in [0.15, 0.2) is 45.4 Å². The standard InChI is InChI=1S/C21H20BrFN2O4/c1-12-18(13(2)29-25-12)11-28-19-5-4-15(8-20(19)27-3)21(26)24-10-14-6-16(22)9-17(23)7-14/h4-9H,10-11H2,1-3H3,(H,24,26). The Kier molecular flexibility index (Phi) is 6.53. The molecule has 6 nitrogen and oxygen atoms in total. The van der Waals surface area contributed by atoms with E-state index in [0.717, 1.165) is 11.3 Å². The molecular weight excluding hydrogens is 443 g/mol. The normalized spacial score (nSPS) is 10.7. The van der Waals surface area contributed by atoms with Crippen molar-refractivity contribution in [1.82, 2.24) is 10.5 Å². The molecular formula is C21H20BrFN2O4. The van der Waals surface area contributed by atoms with Crippen LogP contribution in [0.4, 0.5) is 4.39 Å². The van der Waals surface area contributed by atoms with Crippen molar-refractivity contribution in [1.29, 1.82) is 0 Å². The zero-order valence-electron chi connectivity index (χ0n) is 16.2. The van der Waals surface area contributed by atoms with Gasteiger partial charge >= 0.3 is 0 Å². The number of hydrogen-bond acceptors (Lipinski definition) is 5. The lowest BCUT2D eigenvalue weighted by atomic mass is 10.1. The van der Waals surface area contributed by atoms with Crippen molar-refractivity contribution in [2.75, 3.05) is 7.11 Å². The Labute approximate surface area is 176 Å². The monoisotopic (exact) mass is 462 g/mol. The van der Waals surface area contributed by atoms with E-state index in [4.69, 9.17) is 14.0 Å². The minimum absolute atomic E-state index is 0.196. The van der Waals surface area contributed by atoms with Crippen molar-refractivity contribution in [3.8, 4) is 11.5 Å². The smallest absolute Gasteiger partial charge is 0.251 e. The molecule has 3 rings (SSSR count). The molecule has 0 bridgehead atoms. The van der Waals surface area contributed by atoms with E-state index >= 15 is 0 Å². The van der Waals surface area contributed by atoms with Crippen LogP contribution in [0.25, 0.3) is 0 Å². The quantitative estimate of drug-likeness (QED) is 0.550. The molecule has 3 aromatic rings. The Morgan fingerprint density at radius 1 is 1.21 bits per heavy atom. The maximum absolute atomic E-state index is 13.5. The van der Waals surface area contributed by atoms with Gasteiger partial charge in [0.05, 0.1) is 18.4 Å². The van der Waals surface area contributed by atoms with Crippen molar-refractivity contribution in [3.63, 3.8) is 0 Å². The number of amides is 1. The van der Waals surface area contributed by atoms with Crippen LogP contribution < -0.4 is 14.8 Å². The van der Waals surface area contributed by atoms with E-state index in [0.29, 0.717) is 32.9 Å². The van der Waals surface area contributed by atoms with E-state index in [9.17, 15) is 9.18 Å². The molecule has 0 aliphatic rings. The fourth-order valence-corrected chi connectivity index (χ4v) is 3.30. The summed E-state index contributed by atoms with van der Waals surface area (Å²) in [4.78, 5) is 12.5. The van der Waals surface area contributed by atoms with Gasteiger partial charge in [-0.1, -0.05) is 21.1 Å². The largest absolute Gasteiger partial charge is 0.493 e. The maximum Gasteiger partial charge on any atom is 0.251 e. The first-order valence-corrected chi connectivity index (χ1v) is 9.62. The number of methoxy groups -OCH3 is 1. The first-order chi connectivity index (χ1) is 13.9. The minimum Gasteiger partial charge on any atom is -0.493 e. The number of carbonyl (C=O) groups is 1. The molecule has 0 aliphatic carbocycles. The van der Waals surface area contributed by atoms with Crippen LogP contribution in [-0.4, -0.2) is 18.2 Å². The molecule has 0 radical (unpaired) electrons. The summed E-state index contributed by atoms with van der Waals surface area (Å²) in [5.74, 6) is 0.948. The van der Waals surface area contributed by atoms with Gasteiger partial charge in [-0.15, -0.1) is 0 Å². The van der Waals surface area contributed by atoms with E-state index in [1.807, 2.05) is 13.8 Å². The summed E-state index contributed by atoms with van der Waals surface area (Å²) in [5, 5.41) is 6.67. The highest BCUT2D eigenvalue weighted by molar-refractivity contribution is 9.10. The van der Waals surface area contributed by atoms with Crippen LogP contribution >= 0.6 is 15.9 Å². The van der Waals surface area contributed by atoms with Crippen molar-refractivity contribution < 1.29 is 23.2 Å². The third-order valence-corrected chi connectivity index (χ3v) is 4.81. The molecule has 0 spiro atoms. The predicted octanol–water partition coefficient (Wildman–Crippen LogP) is 4.71. The number of ether oxygens (including phenoxy) is 2. The van der Waals surface area contributed by atoms with Crippen molar-refractivity contribution in [2.24, 2.45) is 0 Å². The molecule has 0 unspecified atom stereocenters. The van der Waals surface area contributed by atoms with E-state index in [2.05, 4.69) is 26.4 Å². The number of hydrogen-bond donors (Lipinski definition) is 1. The molecule has 1 amide bonds.